The lowest BCUT2D eigenvalue weighted by atomic mass is 10.0. The maximum atomic E-state index is 12.2. The highest BCUT2D eigenvalue weighted by atomic mass is 16.5. The number of carbonyl (C=O) groups excluding carboxylic acids is 1. The standard InChI is InChI=1S/C28H42N2O3/c1-4-6-7-8-9-12-19-32-26-17-15-24(16-18-26)27-29-21-25(22-30-27)28(31)33-20-13-10-11-14-23(3)5-2/h15-18,21-23H,4-14,19-20H2,1-3H3. The van der Waals surface area contributed by atoms with Gasteiger partial charge in [-0.15, -0.1) is 0 Å². The molecule has 0 N–H and O–H groups in total. The molecule has 0 saturated heterocycles. The minimum atomic E-state index is -0.359. The largest absolute Gasteiger partial charge is 0.494 e. The Morgan fingerprint density at radius 1 is 0.848 bits per heavy atom. The summed E-state index contributed by atoms with van der Waals surface area (Å²) in [7, 11) is 0. The molecule has 0 spiro atoms. The number of aromatic nitrogens is 2. The lowest BCUT2D eigenvalue weighted by Crippen LogP contribution is -2.08. The van der Waals surface area contributed by atoms with E-state index in [9.17, 15) is 4.79 Å². The molecule has 1 unspecified atom stereocenters. The lowest BCUT2D eigenvalue weighted by molar-refractivity contribution is 0.0496. The van der Waals surface area contributed by atoms with Crippen LogP contribution >= 0.6 is 0 Å². The van der Waals surface area contributed by atoms with E-state index in [0.717, 1.165) is 43.1 Å². The molecule has 5 heteroatoms. The van der Waals surface area contributed by atoms with Crippen LogP contribution in [0, 0.1) is 5.92 Å². The van der Waals surface area contributed by atoms with Gasteiger partial charge in [-0.2, -0.15) is 0 Å². The smallest absolute Gasteiger partial charge is 0.341 e. The molecule has 1 heterocycles. The fourth-order valence-corrected chi connectivity index (χ4v) is 3.58. The molecule has 5 nitrogen and oxygen atoms in total. The summed E-state index contributed by atoms with van der Waals surface area (Å²) in [5.41, 5.74) is 1.28. The number of esters is 1. The van der Waals surface area contributed by atoms with Gasteiger partial charge in [0.05, 0.1) is 18.8 Å². The fourth-order valence-electron chi connectivity index (χ4n) is 3.58. The van der Waals surface area contributed by atoms with Gasteiger partial charge in [0, 0.05) is 18.0 Å². The van der Waals surface area contributed by atoms with Gasteiger partial charge < -0.3 is 9.47 Å². The first-order chi connectivity index (χ1) is 16.1. The Hall–Kier alpha value is -2.43. The van der Waals surface area contributed by atoms with Crippen LogP contribution in [0.25, 0.3) is 11.4 Å². The second-order valence-electron chi connectivity index (χ2n) is 8.93. The maximum absolute atomic E-state index is 12.2. The van der Waals surface area contributed by atoms with Crippen molar-refractivity contribution in [1.82, 2.24) is 9.97 Å². The zero-order valence-corrected chi connectivity index (χ0v) is 20.9. The number of rotatable bonds is 17. The van der Waals surface area contributed by atoms with Gasteiger partial charge in [0.15, 0.2) is 5.82 Å². The van der Waals surface area contributed by atoms with Crippen LogP contribution in [0.1, 0.15) is 102 Å². The van der Waals surface area contributed by atoms with E-state index in [4.69, 9.17) is 9.47 Å². The van der Waals surface area contributed by atoms with Crippen LogP contribution in [0.15, 0.2) is 36.7 Å². The van der Waals surface area contributed by atoms with Crippen LogP contribution in [0.4, 0.5) is 0 Å². The molecular formula is C28H42N2O3. The third-order valence-electron chi connectivity index (χ3n) is 6.04. The van der Waals surface area contributed by atoms with E-state index in [2.05, 4.69) is 30.7 Å². The third-order valence-corrected chi connectivity index (χ3v) is 6.04. The van der Waals surface area contributed by atoms with Crippen molar-refractivity contribution in [3.8, 4) is 17.1 Å². The molecule has 0 saturated carbocycles. The summed E-state index contributed by atoms with van der Waals surface area (Å²) in [4.78, 5) is 20.9. The van der Waals surface area contributed by atoms with Crippen molar-refractivity contribution in [3.05, 3.63) is 42.2 Å². The van der Waals surface area contributed by atoms with Crippen LogP contribution in [0.3, 0.4) is 0 Å². The molecule has 33 heavy (non-hydrogen) atoms. The summed E-state index contributed by atoms with van der Waals surface area (Å²) >= 11 is 0. The highest BCUT2D eigenvalue weighted by Gasteiger charge is 2.10. The number of nitrogens with zero attached hydrogens (tertiary/aromatic N) is 2. The van der Waals surface area contributed by atoms with Crippen LogP contribution in [-0.4, -0.2) is 29.2 Å². The number of ether oxygens (including phenoxy) is 2. The van der Waals surface area contributed by atoms with Gasteiger partial charge in [0.25, 0.3) is 0 Å². The Labute approximate surface area is 200 Å². The Bertz CT molecular complexity index is 775. The van der Waals surface area contributed by atoms with Crippen LogP contribution in [0.5, 0.6) is 5.75 Å². The Morgan fingerprint density at radius 3 is 2.18 bits per heavy atom. The van der Waals surface area contributed by atoms with Gasteiger partial charge in [0.1, 0.15) is 5.75 Å². The first-order valence-corrected chi connectivity index (χ1v) is 12.9. The van der Waals surface area contributed by atoms with Gasteiger partial charge in [-0.25, -0.2) is 14.8 Å². The number of benzene rings is 1. The molecule has 182 valence electrons. The van der Waals surface area contributed by atoms with Crippen molar-refractivity contribution in [2.24, 2.45) is 5.92 Å². The summed E-state index contributed by atoms with van der Waals surface area (Å²) in [6.45, 7) is 7.93. The summed E-state index contributed by atoms with van der Waals surface area (Å²) in [5.74, 6) is 1.86. The second-order valence-corrected chi connectivity index (χ2v) is 8.93. The third kappa shape index (κ3) is 10.8. The average molecular weight is 455 g/mol. The highest BCUT2D eigenvalue weighted by molar-refractivity contribution is 5.88. The molecular weight excluding hydrogens is 412 g/mol. The zero-order valence-electron chi connectivity index (χ0n) is 20.9. The highest BCUT2D eigenvalue weighted by Crippen LogP contribution is 2.20. The molecule has 1 aromatic carbocycles. The van der Waals surface area contributed by atoms with E-state index < -0.39 is 0 Å². The molecule has 0 aliphatic heterocycles. The quantitative estimate of drug-likeness (QED) is 0.181. The number of hydrogen-bond acceptors (Lipinski definition) is 5. The summed E-state index contributed by atoms with van der Waals surface area (Å²) in [6.07, 6.45) is 16.2. The monoisotopic (exact) mass is 454 g/mol. The molecule has 1 aromatic heterocycles. The van der Waals surface area contributed by atoms with Crippen molar-refractivity contribution in [2.45, 2.75) is 91.4 Å². The Morgan fingerprint density at radius 2 is 1.48 bits per heavy atom. The van der Waals surface area contributed by atoms with E-state index in [-0.39, 0.29) is 5.97 Å². The van der Waals surface area contributed by atoms with Gasteiger partial charge in [-0.1, -0.05) is 78.6 Å². The van der Waals surface area contributed by atoms with Gasteiger partial charge in [0.2, 0.25) is 0 Å². The van der Waals surface area contributed by atoms with Gasteiger partial charge in [-0.3, -0.25) is 0 Å². The first kappa shape index (κ1) is 26.8. The summed E-state index contributed by atoms with van der Waals surface area (Å²) in [5, 5.41) is 0. The average Bonchev–Trinajstić information content (AvgIpc) is 2.85. The number of hydrogen-bond donors (Lipinski definition) is 0. The molecule has 0 fully saturated rings. The van der Waals surface area contributed by atoms with Crippen LogP contribution < -0.4 is 4.74 Å². The molecule has 2 aromatic rings. The van der Waals surface area contributed by atoms with Crippen molar-refractivity contribution in [1.29, 1.82) is 0 Å². The predicted molar refractivity (Wildman–Crippen MR) is 135 cm³/mol. The normalized spacial score (nSPS) is 11.8. The lowest BCUT2D eigenvalue weighted by Gasteiger charge is -2.08. The maximum Gasteiger partial charge on any atom is 0.341 e. The van der Waals surface area contributed by atoms with E-state index in [0.29, 0.717) is 18.0 Å². The predicted octanol–water partition coefficient (Wildman–Crippen LogP) is 7.65. The molecule has 0 aliphatic rings. The Balaban J connectivity index is 1.69. The molecule has 0 bridgehead atoms. The first-order valence-electron chi connectivity index (χ1n) is 12.9. The minimum Gasteiger partial charge on any atom is -0.494 e. The van der Waals surface area contributed by atoms with Crippen molar-refractivity contribution < 1.29 is 14.3 Å². The van der Waals surface area contributed by atoms with Gasteiger partial charge >= 0.3 is 5.97 Å². The summed E-state index contributed by atoms with van der Waals surface area (Å²) < 4.78 is 11.2. The topological polar surface area (TPSA) is 61.3 Å². The molecule has 0 amide bonds. The van der Waals surface area contributed by atoms with E-state index in [1.165, 1.54) is 63.8 Å². The van der Waals surface area contributed by atoms with E-state index >= 15 is 0 Å². The van der Waals surface area contributed by atoms with Gasteiger partial charge in [-0.05, 0) is 43.0 Å². The number of unbranched alkanes of at least 4 members (excludes halogenated alkanes) is 7. The van der Waals surface area contributed by atoms with Crippen molar-refractivity contribution in [3.63, 3.8) is 0 Å². The van der Waals surface area contributed by atoms with E-state index in [1.54, 1.807) is 0 Å². The second kappa shape index (κ2) is 16.2. The molecule has 0 aliphatic carbocycles. The molecule has 2 rings (SSSR count). The van der Waals surface area contributed by atoms with Crippen molar-refractivity contribution >= 4 is 5.97 Å². The number of carbonyl (C=O) groups is 1. The van der Waals surface area contributed by atoms with Crippen LogP contribution in [-0.2, 0) is 4.74 Å². The summed E-state index contributed by atoms with van der Waals surface area (Å²) in [6, 6.07) is 7.78. The van der Waals surface area contributed by atoms with Crippen molar-refractivity contribution in [2.75, 3.05) is 13.2 Å². The SMILES string of the molecule is CCCCCCCCOc1ccc(-c2ncc(C(=O)OCCCCCC(C)CC)cn2)cc1. The minimum absolute atomic E-state index is 0.359. The molecule has 1 atom stereocenters. The zero-order chi connectivity index (χ0) is 23.7. The van der Waals surface area contributed by atoms with Crippen LogP contribution in [0.2, 0.25) is 0 Å². The van der Waals surface area contributed by atoms with E-state index in [1.807, 2.05) is 24.3 Å². The fraction of sp³-hybridized carbons (Fsp3) is 0.607. The molecule has 0 radical (unpaired) electrons. The Kier molecular flexibility index (Phi) is 13.2.